The minimum Gasteiger partial charge on any atom is -0.383 e. The normalized spacial score (nSPS) is 42.0. The van der Waals surface area contributed by atoms with Crippen molar-refractivity contribution in [1.29, 1.82) is 0 Å². The molecule has 0 radical (unpaired) electrons. The molecule has 3 nitrogen and oxygen atoms in total. The zero-order chi connectivity index (χ0) is 10.7. The van der Waals surface area contributed by atoms with Gasteiger partial charge in [0.15, 0.2) is 0 Å². The number of ether oxygens (including phenoxy) is 1. The molecule has 0 aromatic rings. The average molecular weight is 212 g/mol. The van der Waals surface area contributed by atoms with Crippen molar-refractivity contribution in [3.8, 4) is 0 Å². The number of rotatable bonds is 3. The summed E-state index contributed by atoms with van der Waals surface area (Å²) in [6.07, 6.45) is 5.36. The van der Waals surface area contributed by atoms with Gasteiger partial charge in [0, 0.05) is 25.2 Å². The van der Waals surface area contributed by atoms with Crippen LogP contribution in [0.4, 0.5) is 0 Å². The zero-order valence-corrected chi connectivity index (χ0v) is 10.0. The van der Waals surface area contributed by atoms with Crippen molar-refractivity contribution in [2.75, 3.05) is 26.8 Å². The standard InChI is InChI=1S/C12H24N2O/c1-12(9-15-2)7-10(8-14-12)11-5-3-4-6-13-11/h10-11,13-14H,3-9H2,1-2H3. The fourth-order valence-electron chi connectivity index (χ4n) is 3.09. The molecule has 0 saturated carbocycles. The molecule has 3 unspecified atom stereocenters. The maximum Gasteiger partial charge on any atom is 0.0641 e. The molecular formula is C12H24N2O. The van der Waals surface area contributed by atoms with Crippen molar-refractivity contribution in [3.05, 3.63) is 0 Å². The number of piperidine rings is 1. The van der Waals surface area contributed by atoms with Gasteiger partial charge in [-0.1, -0.05) is 6.42 Å². The Balaban J connectivity index is 1.85. The molecule has 2 heterocycles. The molecule has 2 N–H and O–H groups in total. The maximum absolute atomic E-state index is 5.28. The minimum absolute atomic E-state index is 0.207. The van der Waals surface area contributed by atoms with Gasteiger partial charge in [-0.3, -0.25) is 0 Å². The van der Waals surface area contributed by atoms with Crippen LogP contribution >= 0.6 is 0 Å². The molecule has 2 rings (SSSR count). The molecule has 15 heavy (non-hydrogen) atoms. The SMILES string of the molecule is COCC1(C)CC(C2CCCCN2)CN1. The first kappa shape index (κ1) is 11.4. The molecule has 0 aliphatic carbocycles. The Morgan fingerprint density at radius 2 is 2.27 bits per heavy atom. The Morgan fingerprint density at radius 3 is 2.93 bits per heavy atom. The summed E-state index contributed by atoms with van der Waals surface area (Å²) in [5.74, 6) is 0.797. The summed E-state index contributed by atoms with van der Waals surface area (Å²) in [5, 5.41) is 7.28. The monoisotopic (exact) mass is 212 g/mol. The summed E-state index contributed by atoms with van der Waals surface area (Å²) in [4.78, 5) is 0. The Hall–Kier alpha value is -0.120. The second-order valence-electron chi connectivity index (χ2n) is 5.40. The van der Waals surface area contributed by atoms with Crippen LogP contribution in [0.2, 0.25) is 0 Å². The first-order valence-electron chi connectivity index (χ1n) is 6.21. The molecule has 2 fully saturated rings. The van der Waals surface area contributed by atoms with Crippen LogP contribution in [-0.4, -0.2) is 38.4 Å². The third-order valence-electron chi connectivity index (χ3n) is 3.88. The Bertz CT molecular complexity index is 204. The van der Waals surface area contributed by atoms with E-state index < -0.39 is 0 Å². The third-order valence-corrected chi connectivity index (χ3v) is 3.88. The quantitative estimate of drug-likeness (QED) is 0.736. The van der Waals surface area contributed by atoms with E-state index in [1.54, 1.807) is 7.11 Å². The highest BCUT2D eigenvalue weighted by Gasteiger charge is 2.38. The van der Waals surface area contributed by atoms with Crippen molar-refractivity contribution in [2.24, 2.45) is 5.92 Å². The van der Waals surface area contributed by atoms with Gasteiger partial charge in [0.25, 0.3) is 0 Å². The first-order valence-corrected chi connectivity index (χ1v) is 6.21. The number of nitrogens with one attached hydrogen (secondary N) is 2. The lowest BCUT2D eigenvalue weighted by Crippen LogP contribution is -2.41. The van der Waals surface area contributed by atoms with Crippen LogP contribution in [0.3, 0.4) is 0 Å². The number of methoxy groups -OCH3 is 1. The second-order valence-corrected chi connectivity index (χ2v) is 5.40. The molecule has 3 heteroatoms. The Kier molecular flexibility index (Phi) is 3.65. The van der Waals surface area contributed by atoms with E-state index in [1.807, 2.05) is 0 Å². The molecule has 88 valence electrons. The lowest BCUT2D eigenvalue weighted by atomic mass is 9.87. The lowest BCUT2D eigenvalue weighted by Gasteiger charge is -2.29. The van der Waals surface area contributed by atoms with E-state index in [9.17, 15) is 0 Å². The molecule has 0 aromatic carbocycles. The summed E-state index contributed by atoms with van der Waals surface area (Å²) >= 11 is 0. The van der Waals surface area contributed by atoms with E-state index in [4.69, 9.17) is 4.74 Å². The summed E-state index contributed by atoms with van der Waals surface area (Å²) < 4.78 is 5.28. The van der Waals surface area contributed by atoms with E-state index in [0.29, 0.717) is 0 Å². The largest absolute Gasteiger partial charge is 0.383 e. The van der Waals surface area contributed by atoms with Crippen LogP contribution in [0, 0.1) is 5.92 Å². The van der Waals surface area contributed by atoms with Gasteiger partial charge >= 0.3 is 0 Å². The number of hydrogen-bond acceptors (Lipinski definition) is 3. The third kappa shape index (κ3) is 2.71. The van der Waals surface area contributed by atoms with Crippen LogP contribution < -0.4 is 10.6 Å². The number of hydrogen-bond donors (Lipinski definition) is 2. The highest BCUT2D eigenvalue weighted by Crippen LogP contribution is 2.29. The van der Waals surface area contributed by atoms with Crippen molar-refractivity contribution >= 4 is 0 Å². The highest BCUT2D eigenvalue weighted by molar-refractivity contribution is 4.97. The van der Waals surface area contributed by atoms with Gasteiger partial charge in [-0.2, -0.15) is 0 Å². The van der Waals surface area contributed by atoms with Crippen LogP contribution in [-0.2, 0) is 4.74 Å². The minimum atomic E-state index is 0.207. The second kappa shape index (κ2) is 4.81. The molecule has 3 atom stereocenters. The van der Waals surface area contributed by atoms with Crippen LogP contribution in [0.5, 0.6) is 0 Å². The molecule has 2 aliphatic rings. The lowest BCUT2D eigenvalue weighted by molar-refractivity contribution is 0.126. The average Bonchev–Trinajstić information content (AvgIpc) is 2.63. The maximum atomic E-state index is 5.28. The summed E-state index contributed by atoms with van der Waals surface area (Å²) in [6, 6.07) is 0.741. The van der Waals surface area contributed by atoms with Gasteiger partial charge in [-0.25, -0.2) is 0 Å². The summed E-state index contributed by atoms with van der Waals surface area (Å²) in [7, 11) is 1.79. The fourth-order valence-corrected chi connectivity index (χ4v) is 3.09. The van der Waals surface area contributed by atoms with Crippen LogP contribution in [0.25, 0.3) is 0 Å². The predicted molar refractivity (Wildman–Crippen MR) is 62.0 cm³/mol. The van der Waals surface area contributed by atoms with E-state index in [0.717, 1.165) is 25.1 Å². The van der Waals surface area contributed by atoms with Crippen molar-refractivity contribution in [3.63, 3.8) is 0 Å². The topological polar surface area (TPSA) is 33.3 Å². The first-order chi connectivity index (χ1) is 7.23. The van der Waals surface area contributed by atoms with Crippen molar-refractivity contribution < 1.29 is 4.74 Å². The van der Waals surface area contributed by atoms with Gasteiger partial charge in [-0.05, 0) is 38.6 Å². The summed E-state index contributed by atoms with van der Waals surface area (Å²) in [6.45, 7) is 5.47. The van der Waals surface area contributed by atoms with Crippen molar-refractivity contribution in [2.45, 2.75) is 44.2 Å². The molecule has 0 aromatic heterocycles. The molecule has 2 aliphatic heterocycles. The predicted octanol–water partition coefficient (Wildman–Crippen LogP) is 1.14. The molecule has 2 saturated heterocycles. The van der Waals surface area contributed by atoms with Gasteiger partial charge in [0.05, 0.1) is 6.61 Å². The molecule has 0 amide bonds. The smallest absolute Gasteiger partial charge is 0.0641 e. The fraction of sp³-hybridized carbons (Fsp3) is 1.00. The van der Waals surface area contributed by atoms with Crippen LogP contribution in [0.15, 0.2) is 0 Å². The summed E-state index contributed by atoms with van der Waals surface area (Å²) in [5.41, 5.74) is 0.207. The van der Waals surface area contributed by atoms with E-state index in [2.05, 4.69) is 17.6 Å². The highest BCUT2D eigenvalue weighted by atomic mass is 16.5. The van der Waals surface area contributed by atoms with Crippen LogP contribution in [0.1, 0.15) is 32.6 Å². The van der Waals surface area contributed by atoms with Crippen molar-refractivity contribution in [1.82, 2.24) is 10.6 Å². The Labute approximate surface area is 93.0 Å². The van der Waals surface area contributed by atoms with Gasteiger partial charge in [-0.15, -0.1) is 0 Å². The zero-order valence-electron chi connectivity index (χ0n) is 10.0. The molecular weight excluding hydrogens is 188 g/mol. The van der Waals surface area contributed by atoms with E-state index in [1.165, 1.54) is 32.2 Å². The van der Waals surface area contributed by atoms with Gasteiger partial charge in [0.2, 0.25) is 0 Å². The van der Waals surface area contributed by atoms with Gasteiger partial charge in [0.1, 0.15) is 0 Å². The molecule has 0 bridgehead atoms. The molecule has 0 spiro atoms. The van der Waals surface area contributed by atoms with E-state index in [-0.39, 0.29) is 5.54 Å². The van der Waals surface area contributed by atoms with E-state index >= 15 is 0 Å². The Morgan fingerprint density at radius 1 is 1.40 bits per heavy atom. The van der Waals surface area contributed by atoms with Gasteiger partial charge < -0.3 is 15.4 Å².